The molecule has 2 aliphatic heterocycles. The van der Waals surface area contributed by atoms with E-state index in [1.165, 1.54) is 6.07 Å². The van der Waals surface area contributed by atoms with Gasteiger partial charge in [-0.25, -0.2) is 4.98 Å². The van der Waals surface area contributed by atoms with E-state index in [9.17, 15) is 24.0 Å². The predicted molar refractivity (Wildman–Crippen MR) is 163 cm³/mol. The van der Waals surface area contributed by atoms with E-state index in [2.05, 4.69) is 25.9 Å². The Morgan fingerprint density at radius 2 is 1.87 bits per heavy atom. The number of hydrogen-bond donors (Lipinski definition) is 3. The number of aromatic nitrogens is 3. The normalized spacial score (nSPS) is 16.8. The van der Waals surface area contributed by atoms with Crippen molar-refractivity contribution in [1.82, 2.24) is 30.1 Å². The van der Waals surface area contributed by atoms with Crippen LogP contribution in [0.4, 0.5) is 5.69 Å². The predicted octanol–water partition coefficient (Wildman–Crippen LogP) is 2.94. The summed E-state index contributed by atoms with van der Waals surface area (Å²) in [7, 11) is 0. The number of rotatable bonds is 9. The van der Waals surface area contributed by atoms with E-state index in [4.69, 9.17) is 4.42 Å². The maximum atomic E-state index is 13.2. The Balaban J connectivity index is 0.995. The lowest BCUT2D eigenvalue weighted by molar-refractivity contribution is -0.136. The Labute approximate surface area is 261 Å². The highest BCUT2D eigenvalue weighted by molar-refractivity contribution is 6.23. The van der Waals surface area contributed by atoms with Gasteiger partial charge in [0, 0.05) is 41.6 Å². The van der Waals surface area contributed by atoms with Crippen LogP contribution in [0.2, 0.25) is 0 Å². The fourth-order valence-electron chi connectivity index (χ4n) is 5.74. The molecule has 7 rings (SSSR count). The minimum absolute atomic E-state index is 0.00955. The van der Waals surface area contributed by atoms with E-state index >= 15 is 0 Å². The number of fused-ring (bicyclic) bond motifs is 2. The zero-order chi connectivity index (χ0) is 31.8. The fraction of sp³-hybridized carbons (Fsp3) is 0.182. The summed E-state index contributed by atoms with van der Waals surface area (Å²) in [6.07, 6.45) is 6.79. The third-order valence-electron chi connectivity index (χ3n) is 7.98. The van der Waals surface area contributed by atoms with Crippen molar-refractivity contribution in [1.29, 1.82) is 0 Å². The van der Waals surface area contributed by atoms with Gasteiger partial charge >= 0.3 is 0 Å². The van der Waals surface area contributed by atoms with Crippen molar-refractivity contribution < 1.29 is 28.4 Å². The minimum atomic E-state index is -1.03. The number of carbonyl (C=O) groups excluding carboxylic acids is 5. The van der Waals surface area contributed by atoms with Crippen molar-refractivity contribution in [3.05, 3.63) is 114 Å². The van der Waals surface area contributed by atoms with Crippen LogP contribution >= 0.6 is 0 Å². The van der Waals surface area contributed by atoms with Crippen LogP contribution in [-0.2, 0) is 27.5 Å². The lowest BCUT2D eigenvalue weighted by Crippen LogP contribution is -2.54. The summed E-state index contributed by atoms with van der Waals surface area (Å²) in [5, 5.41) is 9.35. The molecule has 1 saturated heterocycles. The maximum absolute atomic E-state index is 13.2. The van der Waals surface area contributed by atoms with E-state index in [1.807, 2.05) is 36.4 Å². The highest BCUT2D eigenvalue weighted by atomic mass is 16.3. The van der Waals surface area contributed by atoms with Crippen LogP contribution in [0.15, 0.2) is 90.0 Å². The molecular formula is C33H27N7O6. The Kier molecular flexibility index (Phi) is 7.33. The summed E-state index contributed by atoms with van der Waals surface area (Å²) >= 11 is 0. The van der Waals surface area contributed by atoms with Gasteiger partial charge in [-0.1, -0.05) is 24.3 Å². The number of piperidine rings is 1. The second-order valence-electron chi connectivity index (χ2n) is 11.1. The number of benzene rings is 2. The number of nitrogens with one attached hydrogen (secondary N) is 3. The first-order valence-corrected chi connectivity index (χ1v) is 14.6. The van der Waals surface area contributed by atoms with Crippen LogP contribution in [0.25, 0.3) is 11.0 Å². The van der Waals surface area contributed by atoms with E-state index in [1.54, 1.807) is 47.7 Å². The number of anilines is 1. The highest BCUT2D eigenvalue weighted by Crippen LogP contribution is 2.30. The Bertz CT molecular complexity index is 1980. The number of para-hydroxylation sites is 1. The molecule has 0 radical (unpaired) electrons. The van der Waals surface area contributed by atoms with Crippen molar-refractivity contribution in [2.24, 2.45) is 0 Å². The quantitative estimate of drug-likeness (QED) is 0.211. The third-order valence-corrected chi connectivity index (χ3v) is 7.98. The molecule has 3 aromatic heterocycles. The molecule has 0 spiro atoms. The van der Waals surface area contributed by atoms with Crippen LogP contribution in [0.5, 0.6) is 0 Å². The second-order valence-corrected chi connectivity index (χ2v) is 11.1. The number of hydrogen-bond acceptors (Lipinski definition) is 9. The lowest BCUT2D eigenvalue weighted by atomic mass is 10.0. The van der Waals surface area contributed by atoms with Crippen molar-refractivity contribution in [2.45, 2.75) is 38.0 Å². The summed E-state index contributed by atoms with van der Waals surface area (Å²) in [4.78, 5) is 72.6. The fourth-order valence-corrected chi connectivity index (χ4v) is 5.74. The van der Waals surface area contributed by atoms with Crippen molar-refractivity contribution in [3.63, 3.8) is 0 Å². The zero-order valence-corrected chi connectivity index (χ0v) is 24.3. The van der Waals surface area contributed by atoms with Gasteiger partial charge < -0.3 is 19.6 Å². The van der Waals surface area contributed by atoms with Gasteiger partial charge in [-0.05, 0) is 42.8 Å². The molecule has 0 aliphatic carbocycles. The molecular weight excluding hydrogens is 590 g/mol. The van der Waals surface area contributed by atoms with Gasteiger partial charge in [0.2, 0.25) is 17.7 Å². The number of furan rings is 1. The van der Waals surface area contributed by atoms with E-state index in [-0.39, 0.29) is 43.0 Å². The molecule has 13 heteroatoms. The molecule has 2 unspecified atom stereocenters. The molecule has 230 valence electrons. The van der Waals surface area contributed by atoms with Gasteiger partial charge in [-0.2, -0.15) is 0 Å². The monoisotopic (exact) mass is 617 g/mol. The first-order valence-electron chi connectivity index (χ1n) is 14.6. The molecule has 5 aromatic rings. The average molecular weight is 618 g/mol. The number of imidazole rings is 1. The van der Waals surface area contributed by atoms with E-state index in [0.717, 1.165) is 21.4 Å². The molecule has 2 aromatic carbocycles. The highest BCUT2D eigenvalue weighted by Gasteiger charge is 2.44. The summed E-state index contributed by atoms with van der Waals surface area (Å²) < 4.78 is 7.72. The number of nitrogens with zero attached hydrogens (tertiary/aromatic N) is 4. The molecule has 2 atom stereocenters. The molecule has 13 nitrogen and oxygen atoms in total. The van der Waals surface area contributed by atoms with Crippen LogP contribution in [0, 0.1) is 0 Å². The van der Waals surface area contributed by atoms with Crippen molar-refractivity contribution in [2.75, 3.05) is 5.32 Å². The van der Waals surface area contributed by atoms with E-state index < -0.39 is 35.7 Å². The van der Waals surface area contributed by atoms with Gasteiger partial charge in [-0.15, -0.1) is 0 Å². The Morgan fingerprint density at radius 1 is 1.02 bits per heavy atom. The summed E-state index contributed by atoms with van der Waals surface area (Å²) in [6, 6.07) is 16.4. The largest absolute Gasteiger partial charge is 0.459 e. The lowest BCUT2D eigenvalue weighted by Gasteiger charge is -2.27. The molecule has 5 heterocycles. The number of amides is 5. The first kappa shape index (κ1) is 28.6. The molecule has 2 aliphatic rings. The number of imide groups is 2. The number of pyridine rings is 1. The SMILES string of the molecule is O=C1CCC(N2C(=O)c3ccc(NCc4cn(CC(=O)NC(c5cccnc5)c5cc6ccccc6o5)cn4)cc3C2=O)C(=O)N1. The van der Waals surface area contributed by atoms with Crippen LogP contribution in [-0.4, -0.2) is 55.0 Å². The zero-order valence-electron chi connectivity index (χ0n) is 24.3. The number of carbonyl (C=O) groups is 5. The van der Waals surface area contributed by atoms with Crippen LogP contribution < -0.4 is 16.0 Å². The van der Waals surface area contributed by atoms with Gasteiger partial charge in [0.15, 0.2) is 0 Å². The first-order chi connectivity index (χ1) is 22.3. The van der Waals surface area contributed by atoms with Crippen LogP contribution in [0.3, 0.4) is 0 Å². The summed E-state index contributed by atoms with van der Waals surface area (Å²) in [6.45, 7) is 0.291. The maximum Gasteiger partial charge on any atom is 0.262 e. The topological polar surface area (TPSA) is 169 Å². The molecule has 3 N–H and O–H groups in total. The minimum Gasteiger partial charge on any atom is -0.459 e. The van der Waals surface area contributed by atoms with Crippen molar-refractivity contribution in [3.8, 4) is 0 Å². The van der Waals surface area contributed by atoms with Gasteiger partial charge in [0.25, 0.3) is 11.8 Å². The summed E-state index contributed by atoms with van der Waals surface area (Å²) in [5.41, 5.74) is 3.08. The van der Waals surface area contributed by atoms with E-state index in [0.29, 0.717) is 17.1 Å². The Morgan fingerprint density at radius 3 is 2.67 bits per heavy atom. The van der Waals surface area contributed by atoms with Gasteiger partial charge in [0.1, 0.15) is 30.0 Å². The van der Waals surface area contributed by atoms with Crippen LogP contribution in [0.1, 0.15) is 56.6 Å². The Hall–Kier alpha value is -6.11. The second kappa shape index (κ2) is 11.8. The molecule has 5 amide bonds. The van der Waals surface area contributed by atoms with Gasteiger partial charge in [0.05, 0.1) is 29.7 Å². The standard InChI is InChI=1S/C33H27N7O6/c41-28-10-9-25(31(43)38-28)40-32(44)23-8-7-21(13-24(23)33(40)45)35-15-22-16-39(18-36-22)17-29(42)37-30(20-5-3-11-34-14-20)27-12-19-4-1-2-6-26(19)46-27/h1-8,11-14,16,18,25,30,35H,9-10,15,17H2,(H,37,42)(H,38,41,43). The molecule has 1 fully saturated rings. The third kappa shape index (κ3) is 5.49. The average Bonchev–Trinajstić information content (AvgIpc) is 3.76. The van der Waals surface area contributed by atoms with Crippen molar-refractivity contribution >= 4 is 46.2 Å². The van der Waals surface area contributed by atoms with Gasteiger partial charge in [-0.3, -0.25) is 39.2 Å². The molecule has 0 saturated carbocycles. The summed E-state index contributed by atoms with van der Waals surface area (Å²) in [5.74, 6) is -1.90. The molecule has 46 heavy (non-hydrogen) atoms. The smallest absolute Gasteiger partial charge is 0.262 e. The molecule has 0 bridgehead atoms.